The lowest BCUT2D eigenvalue weighted by Gasteiger charge is -2.22. The van der Waals surface area contributed by atoms with Gasteiger partial charge < -0.3 is 0 Å². The molecule has 0 saturated heterocycles. The molecule has 0 radical (unpaired) electrons. The van der Waals surface area contributed by atoms with Gasteiger partial charge in [0.15, 0.2) is 14.2 Å². The summed E-state index contributed by atoms with van der Waals surface area (Å²) in [5, 5.41) is 10.6. The third-order valence-electron chi connectivity index (χ3n) is 2.80. The lowest BCUT2D eigenvalue weighted by molar-refractivity contribution is -0.384. The zero-order valence-electron chi connectivity index (χ0n) is 11.3. The van der Waals surface area contributed by atoms with Crippen LogP contribution in [0.2, 0.25) is 4.34 Å². The Morgan fingerprint density at radius 1 is 1.38 bits per heavy atom. The van der Waals surface area contributed by atoms with E-state index in [0.717, 1.165) is 12.3 Å². The summed E-state index contributed by atoms with van der Waals surface area (Å²) in [4.78, 5) is 9.85. The minimum Gasteiger partial charge on any atom is -0.258 e. The third kappa shape index (κ3) is 4.13. The fraction of sp³-hybridized carbons (Fsp3) is 0.556. The van der Waals surface area contributed by atoms with Gasteiger partial charge in [-0.25, -0.2) is 21.6 Å². The number of halogens is 1. The van der Waals surface area contributed by atoms with Gasteiger partial charge in [0.1, 0.15) is 4.21 Å². The van der Waals surface area contributed by atoms with Crippen LogP contribution in [0, 0.1) is 10.1 Å². The topological polar surface area (TPSA) is 123 Å². The van der Waals surface area contributed by atoms with E-state index in [1.54, 1.807) is 0 Å². The van der Waals surface area contributed by atoms with Crippen LogP contribution in [0.25, 0.3) is 0 Å². The predicted octanol–water partition coefficient (Wildman–Crippen LogP) is 1.41. The highest BCUT2D eigenvalue weighted by Gasteiger charge is 2.33. The van der Waals surface area contributed by atoms with Crippen molar-refractivity contribution in [3.8, 4) is 0 Å². The lowest BCUT2D eigenvalue weighted by atomic mass is 10.2. The van der Waals surface area contributed by atoms with E-state index < -0.39 is 35.2 Å². The Hall–Kier alpha value is -0.750. The molecule has 1 aromatic heterocycles. The number of hydrogen-bond acceptors (Lipinski definition) is 7. The number of thiophene rings is 1. The van der Waals surface area contributed by atoms with Gasteiger partial charge in [0, 0.05) is 18.9 Å². The summed E-state index contributed by atoms with van der Waals surface area (Å²) in [6, 6.07) is 0.836. The minimum atomic E-state index is -4.07. The first-order valence-corrected chi connectivity index (χ1v) is 9.98. The molecule has 120 valence electrons. The Kier molecular flexibility index (Phi) is 5.05. The zero-order chi connectivity index (χ0) is 16.6. The molecular weight excluding hydrogens is 364 g/mol. The first-order chi connectivity index (χ1) is 9.28. The number of hydrogen-bond donors (Lipinski definition) is 1. The van der Waals surface area contributed by atoms with Crippen LogP contribution in [0.3, 0.4) is 0 Å². The highest BCUT2D eigenvalue weighted by Crippen LogP contribution is 2.36. The minimum absolute atomic E-state index is 0.261. The second-order valence-corrected chi connectivity index (χ2v) is 11.1. The molecule has 0 amide bonds. The molecule has 0 aliphatic heterocycles. The smallest absolute Gasteiger partial charge is 0.258 e. The van der Waals surface area contributed by atoms with Gasteiger partial charge in [0.25, 0.3) is 5.69 Å². The molecule has 0 spiro atoms. The van der Waals surface area contributed by atoms with Gasteiger partial charge in [-0.3, -0.25) is 10.1 Å². The van der Waals surface area contributed by atoms with Crippen LogP contribution in [0.4, 0.5) is 5.69 Å². The van der Waals surface area contributed by atoms with E-state index in [-0.39, 0.29) is 15.1 Å². The quantitative estimate of drug-likeness (QED) is 0.591. The van der Waals surface area contributed by atoms with Crippen molar-refractivity contribution in [3.63, 3.8) is 0 Å². The standard InChI is InChI=1S/C9H13ClN2O6S3/c1-9(2,20(3,15)16)5-11-21(17,18)7-4-6(12(13)14)8(10)19-7/h4,11H,5H2,1-3H3. The number of nitrogens with zero attached hydrogens (tertiary/aromatic N) is 1. The predicted molar refractivity (Wildman–Crippen MR) is 80.1 cm³/mol. The van der Waals surface area contributed by atoms with Gasteiger partial charge in [-0.15, -0.1) is 11.3 Å². The third-order valence-corrected chi connectivity index (χ3v) is 8.16. The summed E-state index contributed by atoms with van der Waals surface area (Å²) < 4.78 is 47.3. The second-order valence-electron chi connectivity index (χ2n) is 4.84. The maximum absolute atomic E-state index is 12.0. The van der Waals surface area contributed by atoms with Gasteiger partial charge in [0.05, 0.1) is 9.67 Å². The average molecular weight is 377 g/mol. The van der Waals surface area contributed by atoms with Crippen LogP contribution in [0.15, 0.2) is 10.3 Å². The van der Waals surface area contributed by atoms with Crippen molar-refractivity contribution in [2.45, 2.75) is 22.8 Å². The molecule has 8 nitrogen and oxygen atoms in total. The molecule has 0 saturated carbocycles. The van der Waals surface area contributed by atoms with E-state index in [9.17, 15) is 26.9 Å². The van der Waals surface area contributed by atoms with Crippen molar-refractivity contribution in [2.75, 3.05) is 12.8 Å². The van der Waals surface area contributed by atoms with Gasteiger partial charge in [-0.05, 0) is 13.8 Å². The van der Waals surface area contributed by atoms with Crippen LogP contribution in [-0.2, 0) is 19.9 Å². The summed E-state index contributed by atoms with van der Waals surface area (Å²) in [7, 11) is -7.55. The first kappa shape index (κ1) is 18.3. The molecule has 0 atom stereocenters. The summed E-state index contributed by atoms with van der Waals surface area (Å²) in [5.74, 6) is 0. The fourth-order valence-corrected chi connectivity index (χ4v) is 4.41. The van der Waals surface area contributed by atoms with Gasteiger partial charge >= 0.3 is 0 Å². The molecule has 0 aromatic carbocycles. The molecule has 21 heavy (non-hydrogen) atoms. The number of nitro groups is 1. The van der Waals surface area contributed by atoms with Crippen LogP contribution in [0.5, 0.6) is 0 Å². The van der Waals surface area contributed by atoms with Crippen molar-refractivity contribution >= 4 is 48.5 Å². The molecule has 0 aliphatic rings. The number of rotatable bonds is 6. The van der Waals surface area contributed by atoms with Gasteiger partial charge in [-0.2, -0.15) is 0 Å². The Labute approximate surface area is 131 Å². The van der Waals surface area contributed by atoms with Crippen LogP contribution >= 0.6 is 22.9 Å². The number of nitrogens with one attached hydrogen (secondary N) is 1. The molecule has 0 unspecified atom stereocenters. The summed E-state index contributed by atoms with van der Waals surface area (Å²) >= 11 is 6.13. The van der Waals surface area contributed by atoms with E-state index >= 15 is 0 Å². The molecule has 0 bridgehead atoms. The molecule has 0 aliphatic carbocycles. The van der Waals surface area contributed by atoms with Gasteiger partial charge in [0.2, 0.25) is 10.0 Å². The molecule has 0 fully saturated rings. The van der Waals surface area contributed by atoms with Crippen LogP contribution < -0.4 is 4.72 Å². The SMILES string of the molecule is CC(C)(CNS(=O)(=O)c1cc([N+](=O)[O-])c(Cl)s1)S(C)(=O)=O. The fourth-order valence-electron chi connectivity index (χ4n) is 1.07. The van der Waals surface area contributed by atoms with E-state index in [0.29, 0.717) is 11.3 Å². The van der Waals surface area contributed by atoms with Crippen molar-refractivity contribution in [3.05, 3.63) is 20.5 Å². The summed E-state index contributed by atoms with van der Waals surface area (Å²) in [5.41, 5.74) is -0.510. The Bertz CT molecular complexity index is 765. The van der Waals surface area contributed by atoms with E-state index in [4.69, 9.17) is 11.6 Å². The molecule has 1 heterocycles. The van der Waals surface area contributed by atoms with Crippen LogP contribution in [-0.4, -0.2) is 39.3 Å². The van der Waals surface area contributed by atoms with Crippen molar-refractivity contribution < 1.29 is 21.8 Å². The highest BCUT2D eigenvalue weighted by molar-refractivity contribution is 7.92. The zero-order valence-corrected chi connectivity index (χ0v) is 14.5. The molecule has 1 aromatic rings. The number of sulfonamides is 1. The normalized spacial score (nSPS) is 13.3. The molecule has 12 heteroatoms. The average Bonchev–Trinajstić information content (AvgIpc) is 2.68. The first-order valence-electron chi connectivity index (χ1n) is 5.41. The lowest BCUT2D eigenvalue weighted by Crippen LogP contribution is -2.43. The Morgan fingerprint density at radius 3 is 2.29 bits per heavy atom. The maximum Gasteiger partial charge on any atom is 0.300 e. The summed E-state index contributed by atoms with van der Waals surface area (Å²) in [6.07, 6.45) is 0.994. The maximum atomic E-state index is 12.0. The van der Waals surface area contributed by atoms with Crippen molar-refractivity contribution in [2.24, 2.45) is 0 Å². The molecule has 1 N–H and O–H groups in total. The second kappa shape index (κ2) is 5.80. The largest absolute Gasteiger partial charge is 0.300 e. The van der Waals surface area contributed by atoms with Crippen molar-refractivity contribution in [1.82, 2.24) is 4.72 Å². The summed E-state index contributed by atoms with van der Waals surface area (Å²) in [6.45, 7) is 2.38. The van der Waals surface area contributed by atoms with Crippen molar-refractivity contribution in [1.29, 1.82) is 0 Å². The Morgan fingerprint density at radius 2 is 1.90 bits per heavy atom. The highest BCUT2D eigenvalue weighted by atomic mass is 35.5. The molecule has 1 rings (SSSR count). The van der Waals surface area contributed by atoms with E-state index in [2.05, 4.69) is 4.72 Å². The van der Waals surface area contributed by atoms with E-state index in [1.807, 2.05) is 0 Å². The van der Waals surface area contributed by atoms with Crippen LogP contribution in [0.1, 0.15) is 13.8 Å². The number of sulfone groups is 1. The van der Waals surface area contributed by atoms with E-state index in [1.165, 1.54) is 13.8 Å². The Balaban J connectivity index is 3.04. The monoisotopic (exact) mass is 376 g/mol. The van der Waals surface area contributed by atoms with Gasteiger partial charge in [-0.1, -0.05) is 11.6 Å². The molecular formula is C9H13ClN2O6S3.